The van der Waals surface area contributed by atoms with Crippen LogP contribution in [0, 0.1) is 5.82 Å². The molecular formula is C14H19FN4O2. The van der Waals surface area contributed by atoms with Crippen molar-refractivity contribution in [3.63, 3.8) is 0 Å². The number of nitrogens with zero attached hydrogens (tertiary/aromatic N) is 2. The monoisotopic (exact) mass is 294 g/mol. The van der Waals surface area contributed by atoms with E-state index in [-0.39, 0.29) is 23.8 Å². The molecule has 7 heteroatoms. The molecule has 0 aliphatic heterocycles. The number of nitrogen functional groups attached to an aromatic ring is 1. The summed E-state index contributed by atoms with van der Waals surface area (Å²) in [6, 6.07) is 3.80. The van der Waals surface area contributed by atoms with Crippen LogP contribution in [0.4, 0.5) is 16.2 Å². The lowest BCUT2D eigenvalue weighted by molar-refractivity contribution is 0.109. The average molecular weight is 294 g/mol. The molecule has 1 heterocycles. The Hall–Kier alpha value is -1.99. The van der Waals surface area contributed by atoms with Crippen molar-refractivity contribution in [2.75, 3.05) is 17.7 Å². The Balaban J connectivity index is 2.41. The van der Waals surface area contributed by atoms with Crippen molar-refractivity contribution in [1.29, 1.82) is 0 Å². The number of anilines is 2. The highest BCUT2D eigenvalue weighted by Gasteiger charge is 2.20. The Morgan fingerprint density at radius 1 is 1.38 bits per heavy atom. The molecular weight excluding hydrogens is 275 g/mol. The summed E-state index contributed by atoms with van der Waals surface area (Å²) in [5.41, 5.74) is 5.98. The largest absolute Gasteiger partial charge is 0.394 e. The predicted molar refractivity (Wildman–Crippen MR) is 79.3 cm³/mol. The number of hydrogen-bond donors (Lipinski definition) is 4. The standard InChI is InChI=1S/C14H19FN4O2/c1-2-4-11(21)10(7-20)17-13-12-8(15)5-3-6-9(12)18-14(16)19-13/h3,5-6,10-11,20-21H,2,4,7H2,1H3,(H3,16,17,18,19)/t10-,11-/m0/s1. The third-order valence-corrected chi connectivity index (χ3v) is 3.26. The van der Waals surface area contributed by atoms with Gasteiger partial charge in [-0.2, -0.15) is 4.98 Å². The quantitative estimate of drug-likeness (QED) is 0.640. The SMILES string of the molecule is CCC[C@H](O)[C@H](CO)Nc1nc(N)nc2cccc(F)c12. The van der Waals surface area contributed by atoms with Crippen LogP contribution in [0.2, 0.25) is 0 Å². The number of aliphatic hydroxyl groups excluding tert-OH is 2. The summed E-state index contributed by atoms with van der Waals surface area (Å²) in [5.74, 6) is -0.321. The summed E-state index contributed by atoms with van der Waals surface area (Å²) in [6.07, 6.45) is 0.512. The van der Waals surface area contributed by atoms with Crippen LogP contribution in [0.25, 0.3) is 10.9 Å². The number of aromatic nitrogens is 2. The molecule has 0 aliphatic rings. The van der Waals surface area contributed by atoms with Gasteiger partial charge in [-0.3, -0.25) is 0 Å². The Bertz CT molecular complexity index is 623. The van der Waals surface area contributed by atoms with Crippen molar-refractivity contribution in [2.24, 2.45) is 0 Å². The summed E-state index contributed by atoms with van der Waals surface area (Å²) < 4.78 is 14.0. The van der Waals surface area contributed by atoms with Crippen molar-refractivity contribution >= 4 is 22.7 Å². The maximum absolute atomic E-state index is 14.0. The lowest BCUT2D eigenvalue weighted by Gasteiger charge is -2.23. The molecule has 2 atom stereocenters. The molecule has 5 N–H and O–H groups in total. The van der Waals surface area contributed by atoms with E-state index in [1.54, 1.807) is 6.07 Å². The zero-order valence-electron chi connectivity index (χ0n) is 11.8. The third-order valence-electron chi connectivity index (χ3n) is 3.26. The minimum absolute atomic E-state index is 0.00253. The predicted octanol–water partition coefficient (Wildman–Crippen LogP) is 1.28. The van der Waals surface area contributed by atoms with E-state index in [9.17, 15) is 14.6 Å². The van der Waals surface area contributed by atoms with Gasteiger partial charge in [-0.25, -0.2) is 9.37 Å². The molecule has 1 aromatic heterocycles. The van der Waals surface area contributed by atoms with Crippen LogP contribution in [0.15, 0.2) is 18.2 Å². The first-order valence-electron chi connectivity index (χ1n) is 6.84. The van der Waals surface area contributed by atoms with Crippen LogP contribution in [0.1, 0.15) is 19.8 Å². The van der Waals surface area contributed by atoms with Crippen LogP contribution in [0.3, 0.4) is 0 Å². The maximum atomic E-state index is 14.0. The van der Waals surface area contributed by atoms with Crippen molar-refractivity contribution in [2.45, 2.75) is 31.9 Å². The second-order valence-electron chi connectivity index (χ2n) is 4.85. The van der Waals surface area contributed by atoms with Gasteiger partial charge in [0.25, 0.3) is 0 Å². The van der Waals surface area contributed by atoms with E-state index in [1.165, 1.54) is 12.1 Å². The van der Waals surface area contributed by atoms with Crippen molar-refractivity contribution in [1.82, 2.24) is 9.97 Å². The third kappa shape index (κ3) is 3.37. The van der Waals surface area contributed by atoms with E-state index in [0.29, 0.717) is 11.9 Å². The van der Waals surface area contributed by atoms with E-state index >= 15 is 0 Å². The summed E-state index contributed by atoms with van der Waals surface area (Å²) in [4.78, 5) is 7.96. The molecule has 0 radical (unpaired) electrons. The Morgan fingerprint density at radius 3 is 2.81 bits per heavy atom. The number of rotatable bonds is 6. The van der Waals surface area contributed by atoms with E-state index in [1.807, 2.05) is 6.92 Å². The number of aliphatic hydroxyl groups is 2. The molecule has 2 aromatic rings. The van der Waals surface area contributed by atoms with Gasteiger partial charge in [0.05, 0.1) is 29.7 Å². The van der Waals surface area contributed by atoms with Gasteiger partial charge >= 0.3 is 0 Å². The average Bonchev–Trinajstić information content (AvgIpc) is 2.44. The van der Waals surface area contributed by atoms with Crippen LogP contribution >= 0.6 is 0 Å². The second kappa shape index (κ2) is 6.64. The number of fused-ring (bicyclic) bond motifs is 1. The van der Waals surface area contributed by atoms with E-state index in [4.69, 9.17) is 5.73 Å². The summed E-state index contributed by atoms with van der Waals surface area (Å²) >= 11 is 0. The van der Waals surface area contributed by atoms with Crippen LogP contribution < -0.4 is 11.1 Å². The van der Waals surface area contributed by atoms with E-state index in [0.717, 1.165) is 6.42 Å². The van der Waals surface area contributed by atoms with Crippen LogP contribution in [-0.2, 0) is 0 Å². The number of benzene rings is 1. The highest BCUT2D eigenvalue weighted by atomic mass is 19.1. The molecule has 0 saturated heterocycles. The topological polar surface area (TPSA) is 104 Å². The molecule has 6 nitrogen and oxygen atoms in total. The van der Waals surface area contributed by atoms with Gasteiger partial charge in [0, 0.05) is 0 Å². The highest BCUT2D eigenvalue weighted by molar-refractivity contribution is 5.90. The molecule has 0 spiro atoms. The molecule has 21 heavy (non-hydrogen) atoms. The fraction of sp³-hybridized carbons (Fsp3) is 0.429. The molecule has 0 fully saturated rings. The lowest BCUT2D eigenvalue weighted by atomic mass is 10.1. The minimum Gasteiger partial charge on any atom is -0.394 e. The summed E-state index contributed by atoms with van der Waals surface area (Å²) in [6.45, 7) is 1.62. The fourth-order valence-electron chi connectivity index (χ4n) is 2.20. The Kier molecular flexibility index (Phi) is 4.87. The molecule has 0 unspecified atom stereocenters. The van der Waals surface area contributed by atoms with Crippen LogP contribution in [-0.4, -0.2) is 38.9 Å². The Labute approximate surface area is 121 Å². The first-order valence-corrected chi connectivity index (χ1v) is 6.84. The van der Waals surface area contributed by atoms with Gasteiger partial charge in [0.2, 0.25) is 5.95 Å². The van der Waals surface area contributed by atoms with Gasteiger partial charge in [0.15, 0.2) is 0 Å². The first-order chi connectivity index (χ1) is 10.1. The smallest absolute Gasteiger partial charge is 0.222 e. The molecule has 2 rings (SSSR count). The van der Waals surface area contributed by atoms with Crippen molar-refractivity contribution < 1.29 is 14.6 Å². The molecule has 0 bridgehead atoms. The Morgan fingerprint density at radius 2 is 2.14 bits per heavy atom. The van der Waals surface area contributed by atoms with Gasteiger partial charge in [-0.15, -0.1) is 0 Å². The molecule has 0 aliphatic carbocycles. The fourth-order valence-corrected chi connectivity index (χ4v) is 2.20. The van der Waals surface area contributed by atoms with Crippen molar-refractivity contribution in [3.8, 4) is 0 Å². The normalized spacial score (nSPS) is 14.1. The van der Waals surface area contributed by atoms with E-state index in [2.05, 4.69) is 15.3 Å². The summed E-state index contributed by atoms with van der Waals surface area (Å²) in [5, 5.41) is 22.4. The highest BCUT2D eigenvalue weighted by Crippen LogP contribution is 2.25. The zero-order valence-corrected chi connectivity index (χ0v) is 11.8. The number of hydrogen-bond acceptors (Lipinski definition) is 6. The lowest BCUT2D eigenvalue weighted by Crippen LogP contribution is -2.37. The molecule has 1 aromatic carbocycles. The maximum Gasteiger partial charge on any atom is 0.222 e. The van der Waals surface area contributed by atoms with E-state index < -0.39 is 18.0 Å². The summed E-state index contributed by atoms with van der Waals surface area (Å²) in [7, 11) is 0. The molecule has 114 valence electrons. The second-order valence-corrected chi connectivity index (χ2v) is 4.85. The first kappa shape index (κ1) is 15.4. The zero-order chi connectivity index (χ0) is 15.4. The van der Waals surface area contributed by atoms with Gasteiger partial charge < -0.3 is 21.3 Å². The molecule has 0 saturated carbocycles. The van der Waals surface area contributed by atoms with Crippen molar-refractivity contribution in [3.05, 3.63) is 24.0 Å². The number of halogens is 1. The molecule has 0 amide bonds. The number of nitrogens with one attached hydrogen (secondary N) is 1. The van der Waals surface area contributed by atoms with Crippen LogP contribution in [0.5, 0.6) is 0 Å². The van der Waals surface area contributed by atoms with Gasteiger partial charge in [-0.1, -0.05) is 19.4 Å². The van der Waals surface area contributed by atoms with Gasteiger partial charge in [0.1, 0.15) is 11.6 Å². The van der Waals surface area contributed by atoms with Gasteiger partial charge in [-0.05, 0) is 18.6 Å². The minimum atomic E-state index is -0.766. The number of nitrogens with two attached hydrogens (primary N) is 1.